The lowest BCUT2D eigenvalue weighted by atomic mass is 10.1. The lowest BCUT2D eigenvalue weighted by Crippen LogP contribution is -2.25. The number of β-amino-alcohol motifs (C(OH)–C–C–N with tert-alkyl or cyclic N) is 1. The molecule has 0 saturated carbocycles. The summed E-state index contributed by atoms with van der Waals surface area (Å²) in [5.74, 6) is 0.477. The molecule has 0 spiro atoms. The Morgan fingerprint density at radius 2 is 2.30 bits per heavy atom. The maximum Gasteiger partial charge on any atom is 0.341 e. The van der Waals surface area contributed by atoms with Crippen molar-refractivity contribution in [2.45, 2.75) is 44.9 Å². The molecular weight excluding hydrogens is 262 g/mol. The van der Waals surface area contributed by atoms with Gasteiger partial charge in [-0.05, 0) is 19.4 Å². The van der Waals surface area contributed by atoms with Crippen molar-refractivity contribution in [1.29, 1.82) is 0 Å². The molecule has 2 heterocycles. The highest BCUT2D eigenvalue weighted by Crippen LogP contribution is 2.28. The van der Waals surface area contributed by atoms with Crippen molar-refractivity contribution >= 4 is 5.97 Å². The highest BCUT2D eigenvalue weighted by atomic mass is 16.5. The van der Waals surface area contributed by atoms with E-state index >= 15 is 0 Å². The number of carbonyl (C=O) groups excluding carboxylic acids is 1. The quantitative estimate of drug-likeness (QED) is 0.549. The smallest absolute Gasteiger partial charge is 0.341 e. The van der Waals surface area contributed by atoms with Crippen molar-refractivity contribution in [3.63, 3.8) is 0 Å². The van der Waals surface area contributed by atoms with Gasteiger partial charge in [0.05, 0.1) is 18.8 Å². The molecule has 0 aliphatic carbocycles. The maximum absolute atomic E-state index is 11.9. The number of nitrogens with one attached hydrogen (secondary N) is 1. The summed E-state index contributed by atoms with van der Waals surface area (Å²) < 4.78 is 10.7. The molecule has 0 amide bonds. The molecule has 3 N–H and O–H groups in total. The standard InChI is InChI=1S/C14H21NO5/c1-3-4-5-19-14(18)9-6-11(20-8(9)2)12-13(17)10(16)7-15-12/h6,10,12-13,15-17H,3-5,7H2,1-2H3/t10-,12+,13-/m1/s1. The van der Waals surface area contributed by atoms with Crippen molar-refractivity contribution < 1.29 is 24.2 Å². The topological polar surface area (TPSA) is 91.9 Å². The van der Waals surface area contributed by atoms with Crippen molar-refractivity contribution in [3.8, 4) is 0 Å². The Labute approximate surface area is 117 Å². The van der Waals surface area contributed by atoms with Crippen LogP contribution in [0.2, 0.25) is 0 Å². The number of hydrogen-bond donors (Lipinski definition) is 3. The number of aliphatic hydroxyl groups excluding tert-OH is 2. The normalized spacial score (nSPS) is 25.9. The predicted molar refractivity (Wildman–Crippen MR) is 71.4 cm³/mol. The van der Waals surface area contributed by atoms with Gasteiger partial charge >= 0.3 is 5.97 Å². The van der Waals surface area contributed by atoms with Crippen molar-refractivity contribution in [2.75, 3.05) is 13.2 Å². The minimum absolute atomic E-state index is 0.294. The number of ether oxygens (including phenoxy) is 1. The van der Waals surface area contributed by atoms with Gasteiger partial charge < -0.3 is 24.7 Å². The number of esters is 1. The second kappa shape index (κ2) is 6.39. The molecular formula is C14H21NO5. The van der Waals surface area contributed by atoms with Crippen LogP contribution in [-0.2, 0) is 4.74 Å². The lowest BCUT2D eigenvalue weighted by molar-refractivity contribution is 0.0368. The van der Waals surface area contributed by atoms with Gasteiger partial charge in [-0.25, -0.2) is 4.79 Å². The summed E-state index contributed by atoms with van der Waals surface area (Å²) in [5, 5.41) is 22.3. The molecule has 0 aromatic carbocycles. The van der Waals surface area contributed by atoms with Gasteiger partial charge in [-0.3, -0.25) is 0 Å². The zero-order chi connectivity index (χ0) is 14.7. The van der Waals surface area contributed by atoms with E-state index in [1.165, 1.54) is 0 Å². The molecule has 1 aliphatic heterocycles. The van der Waals surface area contributed by atoms with Gasteiger partial charge in [0, 0.05) is 6.54 Å². The van der Waals surface area contributed by atoms with Crippen LogP contribution in [0.25, 0.3) is 0 Å². The molecule has 112 valence electrons. The summed E-state index contributed by atoms with van der Waals surface area (Å²) in [5.41, 5.74) is 0.367. The van der Waals surface area contributed by atoms with E-state index in [9.17, 15) is 15.0 Å². The van der Waals surface area contributed by atoms with E-state index in [0.717, 1.165) is 12.8 Å². The number of rotatable bonds is 5. The number of furan rings is 1. The van der Waals surface area contributed by atoms with E-state index in [1.54, 1.807) is 13.0 Å². The molecule has 6 nitrogen and oxygen atoms in total. The Bertz CT molecular complexity index is 470. The molecule has 1 saturated heterocycles. The van der Waals surface area contributed by atoms with E-state index in [2.05, 4.69) is 5.32 Å². The van der Waals surface area contributed by atoms with E-state index in [1.807, 2.05) is 6.92 Å². The van der Waals surface area contributed by atoms with Crippen molar-refractivity contribution in [3.05, 3.63) is 23.2 Å². The summed E-state index contributed by atoms with van der Waals surface area (Å²) in [6, 6.07) is 1.07. The van der Waals surface area contributed by atoms with Crippen LogP contribution in [0.1, 0.15) is 47.7 Å². The second-order valence-corrected chi connectivity index (χ2v) is 5.05. The predicted octanol–water partition coefficient (Wildman–Crippen LogP) is 0.911. The van der Waals surface area contributed by atoms with Crippen LogP contribution >= 0.6 is 0 Å². The molecule has 1 aromatic rings. The summed E-state index contributed by atoms with van der Waals surface area (Å²) in [4.78, 5) is 11.9. The molecule has 0 bridgehead atoms. The third-order valence-corrected chi connectivity index (χ3v) is 3.48. The first-order valence-electron chi connectivity index (χ1n) is 6.91. The molecule has 3 atom stereocenters. The van der Waals surface area contributed by atoms with Gasteiger partial charge in [-0.15, -0.1) is 0 Å². The third kappa shape index (κ3) is 3.03. The second-order valence-electron chi connectivity index (χ2n) is 5.05. The monoisotopic (exact) mass is 283 g/mol. The Balaban J connectivity index is 2.07. The zero-order valence-corrected chi connectivity index (χ0v) is 11.8. The van der Waals surface area contributed by atoms with Crippen LogP contribution in [0.15, 0.2) is 10.5 Å². The summed E-state index contributed by atoms with van der Waals surface area (Å²) in [6.07, 6.45) is 0.0127. The molecule has 0 unspecified atom stereocenters. The number of carbonyl (C=O) groups is 1. The van der Waals surface area contributed by atoms with Gasteiger partial charge in [-0.1, -0.05) is 13.3 Å². The average Bonchev–Trinajstić information content (AvgIpc) is 2.94. The van der Waals surface area contributed by atoms with E-state index < -0.39 is 24.2 Å². The molecule has 1 aliphatic rings. The summed E-state index contributed by atoms with van der Waals surface area (Å²) in [6.45, 7) is 4.38. The number of hydrogen-bond acceptors (Lipinski definition) is 6. The Kier molecular flexibility index (Phi) is 4.80. The van der Waals surface area contributed by atoms with Crippen LogP contribution in [0.5, 0.6) is 0 Å². The van der Waals surface area contributed by atoms with Crippen LogP contribution in [0.3, 0.4) is 0 Å². The minimum Gasteiger partial charge on any atom is -0.464 e. The summed E-state index contributed by atoms with van der Waals surface area (Å²) in [7, 11) is 0. The largest absolute Gasteiger partial charge is 0.464 e. The van der Waals surface area contributed by atoms with Crippen LogP contribution in [0, 0.1) is 6.92 Å². The SMILES string of the molecule is CCCCOC(=O)c1cc([C@@H]2NC[C@@H](O)[C@H]2O)oc1C. The van der Waals surface area contributed by atoms with Crippen molar-refractivity contribution in [1.82, 2.24) is 5.32 Å². The fourth-order valence-electron chi connectivity index (χ4n) is 2.23. The fourth-order valence-corrected chi connectivity index (χ4v) is 2.23. The first-order valence-corrected chi connectivity index (χ1v) is 6.91. The third-order valence-electron chi connectivity index (χ3n) is 3.48. The molecule has 2 rings (SSSR count). The lowest BCUT2D eigenvalue weighted by Gasteiger charge is -2.12. The summed E-state index contributed by atoms with van der Waals surface area (Å²) >= 11 is 0. The van der Waals surface area contributed by atoms with Crippen LogP contribution in [-0.4, -0.2) is 41.5 Å². The van der Waals surface area contributed by atoms with Gasteiger partial charge in [-0.2, -0.15) is 0 Å². The first-order chi connectivity index (χ1) is 9.54. The molecule has 20 heavy (non-hydrogen) atoms. The Morgan fingerprint density at radius 3 is 2.90 bits per heavy atom. The maximum atomic E-state index is 11.9. The number of aliphatic hydroxyl groups is 2. The van der Waals surface area contributed by atoms with Crippen molar-refractivity contribution in [2.24, 2.45) is 0 Å². The molecule has 0 radical (unpaired) electrons. The zero-order valence-electron chi connectivity index (χ0n) is 11.8. The van der Waals surface area contributed by atoms with Gasteiger partial charge in [0.25, 0.3) is 0 Å². The average molecular weight is 283 g/mol. The van der Waals surface area contributed by atoms with Gasteiger partial charge in [0.1, 0.15) is 23.2 Å². The Morgan fingerprint density at radius 1 is 1.55 bits per heavy atom. The van der Waals surface area contributed by atoms with E-state index in [0.29, 0.717) is 30.2 Å². The van der Waals surface area contributed by atoms with Gasteiger partial charge in [0.2, 0.25) is 0 Å². The fraction of sp³-hybridized carbons (Fsp3) is 0.643. The number of unbranched alkanes of at least 4 members (excludes halogenated alkanes) is 1. The molecule has 1 aromatic heterocycles. The van der Waals surface area contributed by atoms with Crippen LogP contribution in [0.4, 0.5) is 0 Å². The van der Waals surface area contributed by atoms with E-state index in [4.69, 9.17) is 9.15 Å². The first kappa shape index (κ1) is 15.0. The number of aryl methyl sites for hydroxylation is 1. The highest BCUT2D eigenvalue weighted by molar-refractivity contribution is 5.90. The Hall–Kier alpha value is -1.37. The molecule has 1 fully saturated rings. The molecule has 6 heteroatoms. The van der Waals surface area contributed by atoms with E-state index in [-0.39, 0.29) is 0 Å². The van der Waals surface area contributed by atoms with Crippen LogP contribution < -0.4 is 5.32 Å². The highest BCUT2D eigenvalue weighted by Gasteiger charge is 2.36. The minimum atomic E-state index is -0.940. The van der Waals surface area contributed by atoms with Gasteiger partial charge in [0.15, 0.2) is 0 Å².